The van der Waals surface area contributed by atoms with Crippen LogP contribution >= 0.6 is 0 Å². The third-order valence-electron chi connectivity index (χ3n) is 8.91. The predicted molar refractivity (Wildman–Crippen MR) is 225 cm³/mol. The second-order valence-corrected chi connectivity index (χ2v) is 12.4. The molecular weight excluding hydrogens is 633 g/mol. The Hall–Kier alpha value is -6.26. The minimum Gasteiger partial charge on any atom is -0.312 e. The average Bonchev–Trinajstić information content (AvgIpc) is 3.50. The largest absolute Gasteiger partial charge is 0.312 e. The van der Waals surface area contributed by atoms with Gasteiger partial charge in [-0.3, -0.25) is 9.98 Å². The summed E-state index contributed by atoms with van der Waals surface area (Å²) in [5.41, 5.74) is 14.3. The van der Waals surface area contributed by atoms with Crippen molar-refractivity contribution in [2.75, 3.05) is 11.9 Å². The Morgan fingerprint density at radius 1 is 0.692 bits per heavy atom. The molecule has 0 fully saturated rings. The van der Waals surface area contributed by atoms with Crippen molar-refractivity contribution in [3.8, 4) is 5.69 Å². The zero-order chi connectivity index (χ0) is 37.0. The van der Waals surface area contributed by atoms with E-state index < -0.39 is 0 Å². The van der Waals surface area contributed by atoms with E-state index >= 15 is 0 Å². The summed E-state index contributed by atoms with van der Waals surface area (Å²) in [6.07, 6.45) is 13.5. The Morgan fingerprint density at radius 3 is 1.71 bits per heavy atom. The lowest BCUT2D eigenvalue weighted by Crippen LogP contribution is -2.18. The van der Waals surface area contributed by atoms with Crippen LogP contribution in [-0.2, 0) is 19.3 Å². The first-order valence-electron chi connectivity index (χ1n) is 17.7. The Kier molecular flexibility index (Phi) is 12.5. The summed E-state index contributed by atoms with van der Waals surface area (Å²) in [6, 6.07) is 37.2. The van der Waals surface area contributed by atoms with Gasteiger partial charge in [0.15, 0.2) is 0 Å². The zero-order valence-corrected chi connectivity index (χ0v) is 30.7. The number of allylic oxidation sites excluding steroid dienone is 2. The zero-order valence-electron chi connectivity index (χ0n) is 30.7. The SMILES string of the molecule is C=CC(=C)N(C(=C)C=C)c1ccc(Cc2cc(Cc3ccccc3)cc(Cc3ccc(-n4c(C=C)c(C=NC)c5cnccc54)cc3)c2)cc1.CC. The molecule has 0 bridgehead atoms. The van der Waals surface area contributed by atoms with E-state index in [9.17, 15) is 0 Å². The van der Waals surface area contributed by atoms with Crippen molar-refractivity contribution in [1.29, 1.82) is 0 Å². The molecule has 0 aliphatic heterocycles. The van der Waals surface area contributed by atoms with Crippen molar-refractivity contribution in [2.24, 2.45) is 4.99 Å². The summed E-state index contributed by atoms with van der Waals surface area (Å²) in [7, 11) is 1.79. The van der Waals surface area contributed by atoms with E-state index in [0.29, 0.717) is 0 Å². The highest BCUT2D eigenvalue weighted by atomic mass is 15.1. The molecule has 2 heterocycles. The maximum atomic E-state index is 4.37. The fourth-order valence-electron chi connectivity index (χ4n) is 6.59. The van der Waals surface area contributed by atoms with Gasteiger partial charge in [-0.25, -0.2) is 0 Å². The molecule has 0 saturated heterocycles. The van der Waals surface area contributed by atoms with Crippen LogP contribution in [-0.4, -0.2) is 22.8 Å². The number of aromatic nitrogens is 2. The lowest BCUT2D eigenvalue weighted by atomic mass is 9.94. The van der Waals surface area contributed by atoms with E-state index in [1.165, 1.54) is 33.4 Å². The van der Waals surface area contributed by atoms with Crippen molar-refractivity contribution in [1.82, 2.24) is 9.55 Å². The molecule has 2 aromatic heterocycles. The molecule has 0 aliphatic carbocycles. The van der Waals surface area contributed by atoms with Gasteiger partial charge in [0.05, 0.1) is 11.2 Å². The fraction of sp³-hybridized carbons (Fsp3) is 0.125. The van der Waals surface area contributed by atoms with Crippen LogP contribution in [0.3, 0.4) is 0 Å². The number of fused-ring (bicyclic) bond motifs is 1. The summed E-state index contributed by atoms with van der Waals surface area (Å²) in [5, 5.41) is 1.05. The van der Waals surface area contributed by atoms with Crippen molar-refractivity contribution in [3.05, 3.63) is 217 Å². The van der Waals surface area contributed by atoms with E-state index in [1.54, 1.807) is 19.2 Å². The Balaban J connectivity index is 0.00000257. The van der Waals surface area contributed by atoms with Crippen LogP contribution in [0, 0.1) is 0 Å². The topological polar surface area (TPSA) is 33.4 Å². The summed E-state index contributed by atoms with van der Waals surface area (Å²) < 4.78 is 2.23. The first kappa shape index (κ1) is 37.0. The Labute approximate surface area is 309 Å². The molecule has 4 aromatic carbocycles. The minimum absolute atomic E-state index is 0.754. The molecule has 4 nitrogen and oxygen atoms in total. The molecule has 0 atom stereocenters. The maximum Gasteiger partial charge on any atom is 0.0572 e. The van der Waals surface area contributed by atoms with E-state index in [4.69, 9.17) is 0 Å². The first-order valence-corrected chi connectivity index (χ1v) is 17.7. The van der Waals surface area contributed by atoms with Crippen LogP contribution in [0.4, 0.5) is 5.69 Å². The predicted octanol–water partition coefficient (Wildman–Crippen LogP) is 11.7. The molecule has 6 aromatic rings. The molecule has 0 spiro atoms. The van der Waals surface area contributed by atoms with Gasteiger partial charge in [-0.05, 0) is 101 Å². The van der Waals surface area contributed by atoms with Gasteiger partial charge in [-0.1, -0.05) is 120 Å². The average molecular weight is 681 g/mol. The van der Waals surface area contributed by atoms with Gasteiger partial charge in [-0.2, -0.15) is 0 Å². The third kappa shape index (κ3) is 8.36. The van der Waals surface area contributed by atoms with Crippen LogP contribution in [0.5, 0.6) is 0 Å². The van der Waals surface area contributed by atoms with E-state index in [2.05, 4.69) is 145 Å². The van der Waals surface area contributed by atoms with Crippen molar-refractivity contribution < 1.29 is 0 Å². The highest BCUT2D eigenvalue weighted by Crippen LogP contribution is 2.30. The van der Waals surface area contributed by atoms with Gasteiger partial charge in [0.25, 0.3) is 0 Å². The number of hydrogen-bond donors (Lipinski definition) is 0. The van der Waals surface area contributed by atoms with Gasteiger partial charge in [0, 0.05) is 59.4 Å². The summed E-state index contributed by atoms with van der Waals surface area (Å²) in [5.74, 6) is 0. The van der Waals surface area contributed by atoms with Gasteiger partial charge >= 0.3 is 0 Å². The number of nitrogens with zero attached hydrogens (tertiary/aromatic N) is 4. The van der Waals surface area contributed by atoms with Crippen LogP contribution in [0.2, 0.25) is 0 Å². The molecule has 0 unspecified atom stereocenters. The second-order valence-electron chi connectivity index (χ2n) is 12.4. The lowest BCUT2D eigenvalue weighted by molar-refractivity contribution is 1.08. The van der Waals surface area contributed by atoms with Gasteiger partial charge < -0.3 is 9.47 Å². The minimum atomic E-state index is 0.754. The quantitative estimate of drug-likeness (QED) is 0.0847. The van der Waals surface area contributed by atoms with Gasteiger partial charge in [-0.15, -0.1) is 0 Å². The van der Waals surface area contributed by atoms with E-state index in [-0.39, 0.29) is 0 Å². The van der Waals surface area contributed by atoms with Crippen LogP contribution < -0.4 is 4.90 Å². The van der Waals surface area contributed by atoms with E-state index in [0.717, 1.165) is 64.2 Å². The monoisotopic (exact) mass is 680 g/mol. The number of anilines is 1. The normalized spacial score (nSPS) is 10.8. The summed E-state index contributed by atoms with van der Waals surface area (Å²) >= 11 is 0. The summed E-state index contributed by atoms with van der Waals surface area (Å²) in [4.78, 5) is 10.6. The highest BCUT2D eigenvalue weighted by Gasteiger charge is 2.16. The molecular formula is C48H48N4. The smallest absolute Gasteiger partial charge is 0.0572 e. The Morgan fingerprint density at radius 2 is 1.21 bits per heavy atom. The first-order chi connectivity index (χ1) is 25.4. The number of hydrogen-bond acceptors (Lipinski definition) is 3. The van der Waals surface area contributed by atoms with E-state index in [1.807, 2.05) is 49.5 Å². The fourth-order valence-corrected chi connectivity index (χ4v) is 6.59. The van der Waals surface area contributed by atoms with Gasteiger partial charge in [0.1, 0.15) is 0 Å². The van der Waals surface area contributed by atoms with Crippen molar-refractivity contribution >= 4 is 28.9 Å². The molecule has 6 rings (SSSR count). The number of rotatable bonds is 14. The standard InChI is InChI=1S/C46H42N4.C2H6/c1-7-33(4)49(34(5)8-2)41-19-15-36(16-20-41)26-39-28-38(25-35-13-11-10-12-14-35)29-40(30-39)27-37-17-21-42(22-18-37)50-45(9-3)43(31-47-6)44-32-48-24-23-46(44)50;1-2/h7-24,28-32H,1-5,25-27H2,6H3;1-2H3. The number of pyridine rings is 1. The van der Waals surface area contributed by atoms with Crippen molar-refractivity contribution in [3.63, 3.8) is 0 Å². The van der Waals surface area contributed by atoms with Crippen molar-refractivity contribution in [2.45, 2.75) is 33.1 Å². The molecule has 0 aliphatic rings. The maximum absolute atomic E-state index is 4.37. The van der Waals surface area contributed by atoms with Crippen LogP contribution in [0.15, 0.2) is 177 Å². The number of benzene rings is 4. The van der Waals surface area contributed by atoms with Crippen LogP contribution in [0.25, 0.3) is 22.7 Å². The molecule has 52 heavy (non-hydrogen) atoms. The molecule has 260 valence electrons. The lowest BCUT2D eigenvalue weighted by Gasteiger charge is -2.25. The third-order valence-corrected chi connectivity index (χ3v) is 8.91. The van der Waals surface area contributed by atoms with Crippen LogP contribution in [0.1, 0.15) is 58.5 Å². The molecule has 0 radical (unpaired) electrons. The summed E-state index contributed by atoms with van der Waals surface area (Å²) in [6.45, 7) is 24.2. The molecule has 0 saturated carbocycles. The van der Waals surface area contributed by atoms with Gasteiger partial charge in [0.2, 0.25) is 0 Å². The highest BCUT2D eigenvalue weighted by molar-refractivity contribution is 6.03. The second kappa shape index (κ2) is 17.6. The number of aliphatic imine (C=N–C) groups is 1. The Bertz CT molecular complexity index is 2200. The molecule has 4 heteroatoms. The molecule has 0 N–H and O–H groups in total. The molecule has 0 amide bonds.